The molecule has 26 heavy (non-hydrogen) atoms. The molecule has 0 amide bonds. The first-order chi connectivity index (χ1) is 11.6. The van der Waals surface area contributed by atoms with E-state index in [9.17, 15) is 16.8 Å². The number of hydrogen-bond acceptors (Lipinski definition) is 6. The molecule has 2 atom stereocenters. The van der Waals surface area contributed by atoms with Crippen molar-refractivity contribution in [2.75, 3.05) is 30.5 Å². The summed E-state index contributed by atoms with van der Waals surface area (Å²) in [6, 6.07) is 6.19. The van der Waals surface area contributed by atoms with Crippen molar-refractivity contribution in [1.82, 2.24) is 4.72 Å². The van der Waals surface area contributed by atoms with Crippen LogP contribution in [0.15, 0.2) is 29.2 Å². The average Bonchev–Trinajstić information content (AvgIpc) is 2.48. The van der Waals surface area contributed by atoms with Gasteiger partial charge in [0.25, 0.3) is 0 Å². The van der Waals surface area contributed by atoms with Crippen LogP contribution in [0.3, 0.4) is 0 Å². The molecule has 7 nitrogen and oxygen atoms in total. The van der Waals surface area contributed by atoms with Gasteiger partial charge in [0.2, 0.25) is 10.0 Å². The maximum Gasteiger partial charge on any atom is 0.240 e. The zero-order valence-corrected chi connectivity index (χ0v) is 17.3. The van der Waals surface area contributed by atoms with E-state index in [1.165, 1.54) is 0 Å². The average molecular weight is 424 g/mol. The third kappa shape index (κ3) is 4.51. The molecule has 2 fully saturated rings. The second kappa shape index (κ2) is 7.63. The molecule has 10 heteroatoms. The van der Waals surface area contributed by atoms with Crippen LogP contribution in [0.4, 0.5) is 5.69 Å². The molecule has 1 aromatic rings. The topological polar surface area (TPSA) is 110 Å². The van der Waals surface area contributed by atoms with Gasteiger partial charge in [-0.05, 0) is 48.9 Å². The highest BCUT2D eigenvalue weighted by molar-refractivity contribution is 7.91. The predicted octanol–water partition coefficient (Wildman–Crippen LogP) is 0.603. The summed E-state index contributed by atoms with van der Waals surface area (Å²) in [7, 11) is -3.07. The summed E-state index contributed by atoms with van der Waals surface area (Å²) in [5.74, 6) is -0.514. The third-order valence-corrected chi connectivity index (χ3v) is 8.46. The van der Waals surface area contributed by atoms with E-state index in [0.29, 0.717) is 12.8 Å². The predicted molar refractivity (Wildman–Crippen MR) is 105 cm³/mol. The molecule has 0 radical (unpaired) electrons. The fourth-order valence-electron chi connectivity index (χ4n) is 3.98. The molecule has 2 aliphatic rings. The van der Waals surface area contributed by atoms with Gasteiger partial charge in [-0.2, -0.15) is 0 Å². The van der Waals surface area contributed by atoms with Crippen LogP contribution in [-0.2, 0) is 19.9 Å². The van der Waals surface area contributed by atoms with Crippen LogP contribution in [0.1, 0.15) is 12.8 Å². The van der Waals surface area contributed by atoms with E-state index in [0.717, 1.165) is 5.69 Å². The molecule has 3 N–H and O–H groups in total. The highest BCUT2D eigenvalue weighted by Crippen LogP contribution is 2.36. The van der Waals surface area contributed by atoms with E-state index in [-0.39, 0.29) is 52.7 Å². The van der Waals surface area contributed by atoms with Crippen molar-refractivity contribution < 1.29 is 16.8 Å². The third-order valence-electron chi connectivity index (χ3n) is 5.12. The normalized spacial score (nSPS) is 30.3. The van der Waals surface area contributed by atoms with Gasteiger partial charge in [-0.25, -0.2) is 21.6 Å². The highest BCUT2D eigenvalue weighted by Gasteiger charge is 2.46. The number of anilines is 1. The van der Waals surface area contributed by atoms with Crippen LogP contribution in [-0.4, -0.2) is 54.5 Å². The number of nitrogens with zero attached hydrogens (tertiary/aromatic N) is 1. The maximum absolute atomic E-state index is 12.8. The van der Waals surface area contributed by atoms with Gasteiger partial charge >= 0.3 is 0 Å². The van der Waals surface area contributed by atoms with Crippen molar-refractivity contribution in [3.8, 4) is 0 Å². The molecule has 1 aliphatic heterocycles. The van der Waals surface area contributed by atoms with Gasteiger partial charge in [-0.1, -0.05) is 0 Å². The molecule has 2 unspecified atom stereocenters. The molecule has 3 rings (SSSR count). The number of halogens is 1. The Balaban J connectivity index is 0.00000243. The maximum atomic E-state index is 12.8. The van der Waals surface area contributed by atoms with Crippen LogP contribution in [0.2, 0.25) is 0 Å². The summed E-state index contributed by atoms with van der Waals surface area (Å²) >= 11 is 0. The lowest BCUT2D eigenvalue weighted by Gasteiger charge is -2.44. The standard InChI is InChI=1S/C16H25N3O4S2.ClH/c1-19(2)14-3-5-15(6-4-14)25(22,23)18-16-11-7-13(17)8-12(16)10-24(20,21)9-11;/h3-6,11-13,16,18H,7-10,17H2,1-2H3;1H. The molecule has 1 saturated carbocycles. The number of sulfone groups is 1. The van der Waals surface area contributed by atoms with Gasteiger partial charge in [0.1, 0.15) is 0 Å². The molecule has 0 spiro atoms. The minimum absolute atomic E-state index is 0. The Bertz CT molecular complexity index is 819. The molecule has 0 aromatic heterocycles. The first-order valence-corrected chi connectivity index (χ1v) is 11.6. The van der Waals surface area contributed by atoms with Gasteiger partial charge in [0.15, 0.2) is 9.84 Å². The lowest BCUT2D eigenvalue weighted by Crippen LogP contribution is -2.58. The first-order valence-electron chi connectivity index (χ1n) is 8.33. The second-order valence-electron chi connectivity index (χ2n) is 7.36. The van der Waals surface area contributed by atoms with Crippen molar-refractivity contribution in [3.05, 3.63) is 24.3 Å². The zero-order chi connectivity index (χ0) is 18.4. The number of fused-ring (bicyclic) bond motifs is 2. The van der Waals surface area contributed by atoms with E-state index in [4.69, 9.17) is 5.73 Å². The summed E-state index contributed by atoms with van der Waals surface area (Å²) < 4.78 is 52.3. The van der Waals surface area contributed by atoms with Gasteiger partial charge in [0.05, 0.1) is 16.4 Å². The van der Waals surface area contributed by atoms with Crippen molar-refractivity contribution in [2.45, 2.75) is 29.8 Å². The number of nitrogens with one attached hydrogen (secondary N) is 1. The Hall–Kier alpha value is -0.870. The monoisotopic (exact) mass is 423 g/mol. The number of sulfonamides is 1. The fraction of sp³-hybridized carbons (Fsp3) is 0.625. The minimum Gasteiger partial charge on any atom is -0.378 e. The second-order valence-corrected chi connectivity index (χ2v) is 11.2. The summed E-state index contributed by atoms with van der Waals surface area (Å²) in [5.41, 5.74) is 6.93. The Morgan fingerprint density at radius 3 is 2.04 bits per heavy atom. The number of nitrogens with two attached hydrogens (primary N) is 1. The molecule has 1 aromatic carbocycles. The Morgan fingerprint density at radius 2 is 1.58 bits per heavy atom. The van der Waals surface area contributed by atoms with Gasteiger partial charge < -0.3 is 10.6 Å². The molecular weight excluding hydrogens is 398 g/mol. The molecular formula is C16H26ClN3O4S2. The summed E-state index contributed by atoms with van der Waals surface area (Å²) in [4.78, 5) is 2.08. The van der Waals surface area contributed by atoms with E-state index >= 15 is 0 Å². The Morgan fingerprint density at radius 1 is 1.08 bits per heavy atom. The summed E-state index contributed by atoms with van der Waals surface area (Å²) in [6.07, 6.45) is 1.06. The Labute approximate surface area is 161 Å². The smallest absolute Gasteiger partial charge is 0.240 e. The quantitative estimate of drug-likeness (QED) is 0.734. The van der Waals surface area contributed by atoms with Crippen LogP contribution in [0.25, 0.3) is 0 Å². The minimum atomic E-state index is -3.70. The summed E-state index contributed by atoms with van der Waals surface area (Å²) in [5, 5.41) is 0. The van der Waals surface area contributed by atoms with Gasteiger partial charge in [-0.15, -0.1) is 12.4 Å². The van der Waals surface area contributed by atoms with Gasteiger partial charge in [0, 0.05) is 31.9 Å². The van der Waals surface area contributed by atoms with Crippen LogP contribution in [0.5, 0.6) is 0 Å². The molecule has 1 heterocycles. The molecule has 1 saturated heterocycles. The van der Waals surface area contributed by atoms with Crippen LogP contribution < -0.4 is 15.4 Å². The SMILES string of the molecule is CN(C)c1ccc(S(=O)(=O)NC2C3CC(N)CC2CS(=O)(=O)C3)cc1.Cl. The fourth-order valence-corrected chi connectivity index (χ4v) is 7.48. The summed E-state index contributed by atoms with van der Waals surface area (Å²) in [6.45, 7) is 0. The van der Waals surface area contributed by atoms with Crippen LogP contribution in [0, 0.1) is 11.8 Å². The lowest BCUT2D eigenvalue weighted by atomic mass is 9.76. The molecule has 2 bridgehead atoms. The molecule has 1 aliphatic carbocycles. The number of rotatable bonds is 4. The zero-order valence-electron chi connectivity index (χ0n) is 14.8. The van der Waals surface area contributed by atoms with Crippen molar-refractivity contribution >= 4 is 38.0 Å². The Kier molecular flexibility index (Phi) is 6.29. The van der Waals surface area contributed by atoms with E-state index in [2.05, 4.69) is 4.72 Å². The highest BCUT2D eigenvalue weighted by atomic mass is 35.5. The van der Waals surface area contributed by atoms with Gasteiger partial charge in [-0.3, -0.25) is 0 Å². The van der Waals surface area contributed by atoms with Crippen molar-refractivity contribution in [2.24, 2.45) is 17.6 Å². The first kappa shape index (κ1) is 21.4. The van der Waals surface area contributed by atoms with Crippen molar-refractivity contribution in [1.29, 1.82) is 0 Å². The molecule has 148 valence electrons. The number of benzene rings is 1. The van der Waals surface area contributed by atoms with Crippen LogP contribution >= 0.6 is 12.4 Å². The van der Waals surface area contributed by atoms with Crippen molar-refractivity contribution in [3.63, 3.8) is 0 Å². The van der Waals surface area contributed by atoms with E-state index < -0.39 is 19.9 Å². The number of hydrogen-bond donors (Lipinski definition) is 2. The lowest BCUT2D eigenvalue weighted by molar-refractivity contribution is 0.203. The van der Waals surface area contributed by atoms with E-state index in [1.54, 1.807) is 24.3 Å². The largest absolute Gasteiger partial charge is 0.378 e. The van der Waals surface area contributed by atoms with E-state index in [1.807, 2.05) is 19.0 Å².